The fraction of sp³-hybridized carbons (Fsp3) is 0.296. The zero-order chi connectivity index (χ0) is 23.5. The van der Waals surface area contributed by atoms with E-state index in [1.54, 1.807) is 0 Å². The van der Waals surface area contributed by atoms with Crippen molar-refractivity contribution in [2.45, 2.75) is 32.9 Å². The van der Waals surface area contributed by atoms with Crippen LogP contribution in [0, 0.1) is 0 Å². The molecule has 1 amide bonds. The number of halogens is 1. The molecule has 1 atom stereocenters. The second-order valence-electron chi connectivity index (χ2n) is 7.71. The molecule has 0 spiro atoms. The first-order chi connectivity index (χ1) is 16.1. The molecule has 5 nitrogen and oxygen atoms in total. The molecule has 0 aliphatic carbocycles. The fourth-order valence-electron chi connectivity index (χ4n) is 3.40. The molecule has 0 heterocycles. The van der Waals surface area contributed by atoms with E-state index in [-0.39, 0.29) is 18.6 Å². The lowest BCUT2D eigenvalue weighted by molar-refractivity contribution is -0.123. The lowest BCUT2D eigenvalue weighted by atomic mass is 10.1. The van der Waals surface area contributed by atoms with Gasteiger partial charge in [0, 0.05) is 23.6 Å². The second kappa shape index (κ2) is 13.0. The van der Waals surface area contributed by atoms with Gasteiger partial charge in [-0.05, 0) is 49.1 Å². The zero-order valence-corrected chi connectivity index (χ0v) is 20.7. The zero-order valence-electron chi connectivity index (χ0n) is 19.1. The Balaban J connectivity index is 1.55. The highest BCUT2D eigenvalue weighted by molar-refractivity contribution is 9.10. The van der Waals surface area contributed by atoms with Gasteiger partial charge in [-0.25, -0.2) is 0 Å². The minimum Gasteiger partial charge on any atom is -0.490 e. The predicted molar refractivity (Wildman–Crippen MR) is 136 cm³/mol. The number of rotatable bonds is 12. The van der Waals surface area contributed by atoms with E-state index in [2.05, 4.69) is 45.6 Å². The van der Waals surface area contributed by atoms with Crippen molar-refractivity contribution in [1.82, 2.24) is 10.6 Å². The highest BCUT2D eigenvalue weighted by atomic mass is 79.9. The maximum atomic E-state index is 12.2. The fourth-order valence-corrected chi connectivity index (χ4v) is 3.86. The van der Waals surface area contributed by atoms with Crippen LogP contribution in [0.1, 0.15) is 36.6 Å². The average molecular weight is 511 g/mol. The molecule has 0 aliphatic rings. The van der Waals surface area contributed by atoms with Crippen LogP contribution in [0.3, 0.4) is 0 Å². The van der Waals surface area contributed by atoms with Crippen molar-refractivity contribution in [3.05, 3.63) is 94.0 Å². The Hall–Kier alpha value is -2.83. The Morgan fingerprint density at radius 2 is 1.64 bits per heavy atom. The normalized spacial score (nSPS) is 11.6. The van der Waals surface area contributed by atoms with E-state index in [4.69, 9.17) is 9.47 Å². The number of carbonyl (C=O) groups excluding carboxylic acids is 1. The van der Waals surface area contributed by atoms with E-state index < -0.39 is 0 Å². The van der Waals surface area contributed by atoms with Crippen LogP contribution in [0.15, 0.2) is 77.3 Å². The minimum absolute atomic E-state index is 0.0655. The van der Waals surface area contributed by atoms with Crippen LogP contribution < -0.4 is 20.1 Å². The van der Waals surface area contributed by atoms with Gasteiger partial charge in [-0.2, -0.15) is 0 Å². The third-order valence-corrected chi connectivity index (χ3v) is 5.99. The third-order valence-electron chi connectivity index (χ3n) is 5.25. The summed E-state index contributed by atoms with van der Waals surface area (Å²) < 4.78 is 12.5. The topological polar surface area (TPSA) is 59.6 Å². The number of benzene rings is 3. The number of carbonyl (C=O) groups is 1. The number of ether oxygens (including phenoxy) is 2. The maximum absolute atomic E-state index is 12.2. The summed E-state index contributed by atoms with van der Waals surface area (Å²) in [5.41, 5.74) is 3.48. The number of hydrogen-bond donors (Lipinski definition) is 2. The molecule has 3 aromatic carbocycles. The molecule has 0 radical (unpaired) electrons. The molecule has 0 bridgehead atoms. The van der Waals surface area contributed by atoms with Gasteiger partial charge in [0.2, 0.25) is 0 Å². The van der Waals surface area contributed by atoms with Gasteiger partial charge in [-0.3, -0.25) is 4.79 Å². The Labute approximate surface area is 204 Å². The molecule has 0 saturated heterocycles. The summed E-state index contributed by atoms with van der Waals surface area (Å²) in [6, 6.07) is 24.4. The summed E-state index contributed by atoms with van der Waals surface area (Å²) in [6.45, 7) is 5.74. The summed E-state index contributed by atoms with van der Waals surface area (Å²) in [7, 11) is 0. The van der Waals surface area contributed by atoms with Crippen molar-refractivity contribution in [1.29, 1.82) is 0 Å². The van der Waals surface area contributed by atoms with Crippen LogP contribution in [0.2, 0.25) is 0 Å². The van der Waals surface area contributed by atoms with Crippen molar-refractivity contribution in [2.24, 2.45) is 0 Å². The molecule has 0 saturated carbocycles. The van der Waals surface area contributed by atoms with Gasteiger partial charge in [0.15, 0.2) is 18.1 Å². The molecular weight excluding hydrogens is 480 g/mol. The highest BCUT2D eigenvalue weighted by Gasteiger charge is 2.14. The van der Waals surface area contributed by atoms with Crippen molar-refractivity contribution in [2.75, 3.05) is 19.8 Å². The van der Waals surface area contributed by atoms with Crippen LogP contribution in [-0.2, 0) is 17.8 Å². The molecule has 3 aromatic rings. The molecule has 0 aromatic heterocycles. The Bertz CT molecular complexity index is 1010. The summed E-state index contributed by atoms with van der Waals surface area (Å²) in [5, 5.41) is 6.44. The summed E-state index contributed by atoms with van der Waals surface area (Å²) >= 11 is 3.64. The SMILES string of the molecule is CCOc1cc(CN[C@@H](C)c2ccccc2)c(Br)cc1OCC(=O)NCCc1ccccc1. The van der Waals surface area contributed by atoms with Gasteiger partial charge < -0.3 is 20.1 Å². The summed E-state index contributed by atoms with van der Waals surface area (Å²) in [5.74, 6) is 1.01. The van der Waals surface area contributed by atoms with Crippen LogP contribution >= 0.6 is 15.9 Å². The second-order valence-corrected chi connectivity index (χ2v) is 8.57. The summed E-state index contributed by atoms with van der Waals surface area (Å²) in [6.07, 6.45) is 0.783. The van der Waals surface area contributed by atoms with E-state index in [1.807, 2.05) is 67.6 Å². The molecule has 0 unspecified atom stereocenters. The van der Waals surface area contributed by atoms with Crippen molar-refractivity contribution < 1.29 is 14.3 Å². The largest absolute Gasteiger partial charge is 0.490 e. The standard InChI is InChI=1S/C27H31BrN2O3/c1-3-32-25-16-23(18-30-20(2)22-12-8-5-9-13-22)24(28)17-26(25)33-19-27(31)29-15-14-21-10-6-4-7-11-21/h4-13,16-17,20,30H,3,14-15,18-19H2,1-2H3,(H,29,31)/t20-/m0/s1. The smallest absolute Gasteiger partial charge is 0.257 e. The van der Waals surface area contributed by atoms with Gasteiger partial charge in [0.1, 0.15) is 0 Å². The van der Waals surface area contributed by atoms with Crippen LogP contribution in [0.25, 0.3) is 0 Å². The van der Waals surface area contributed by atoms with E-state index in [0.717, 1.165) is 16.5 Å². The lowest BCUT2D eigenvalue weighted by Gasteiger charge is -2.18. The Morgan fingerprint density at radius 3 is 2.33 bits per heavy atom. The van der Waals surface area contributed by atoms with E-state index in [1.165, 1.54) is 11.1 Å². The molecule has 3 rings (SSSR count). The van der Waals surface area contributed by atoms with Crippen molar-refractivity contribution in [3.8, 4) is 11.5 Å². The molecule has 2 N–H and O–H groups in total. The van der Waals surface area contributed by atoms with E-state index >= 15 is 0 Å². The lowest BCUT2D eigenvalue weighted by Crippen LogP contribution is -2.30. The number of nitrogens with one attached hydrogen (secondary N) is 2. The molecule has 174 valence electrons. The first kappa shape index (κ1) is 24.8. The highest BCUT2D eigenvalue weighted by Crippen LogP contribution is 2.34. The maximum Gasteiger partial charge on any atom is 0.257 e. The van der Waals surface area contributed by atoms with Crippen LogP contribution in [0.5, 0.6) is 11.5 Å². The molecular formula is C27H31BrN2O3. The molecule has 0 fully saturated rings. The van der Waals surface area contributed by atoms with Gasteiger partial charge in [-0.15, -0.1) is 0 Å². The van der Waals surface area contributed by atoms with E-state index in [0.29, 0.717) is 31.2 Å². The first-order valence-electron chi connectivity index (χ1n) is 11.2. The summed E-state index contributed by atoms with van der Waals surface area (Å²) in [4.78, 5) is 12.2. The molecule has 6 heteroatoms. The minimum atomic E-state index is -0.160. The first-order valence-corrected chi connectivity index (χ1v) is 12.0. The number of amides is 1. The van der Waals surface area contributed by atoms with Crippen LogP contribution in [0.4, 0.5) is 0 Å². The molecule has 0 aliphatic heterocycles. The van der Waals surface area contributed by atoms with Crippen LogP contribution in [-0.4, -0.2) is 25.7 Å². The van der Waals surface area contributed by atoms with Crippen molar-refractivity contribution in [3.63, 3.8) is 0 Å². The Morgan fingerprint density at radius 1 is 0.970 bits per heavy atom. The monoisotopic (exact) mass is 510 g/mol. The van der Waals surface area contributed by atoms with Gasteiger partial charge in [-0.1, -0.05) is 76.6 Å². The third kappa shape index (κ3) is 7.91. The number of hydrogen-bond acceptors (Lipinski definition) is 4. The predicted octanol–water partition coefficient (Wildman–Crippen LogP) is 5.44. The van der Waals surface area contributed by atoms with Crippen molar-refractivity contribution >= 4 is 21.8 Å². The Kier molecular flexibility index (Phi) is 9.78. The average Bonchev–Trinajstić information content (AvgIpc) is 2.84. The van der Waals surface area contributed by atoms with Gasteiger partial charge in [0.25, 0.3) is 5.91 Å². The van der Waals surface area contributed by atoms with Gasteiger partial charge in [0.05, 0.1) is 6.61 Å². The van der Waals surface area contributed by atoms with E-state index in [9.17, 15) is 4.79 Å². The molecule has 33 heavy (non-hydrogen) atoms. The quantitative estimate of drug-likeness (QED) is 0.340. The van der Waals surface area contributed by atoms with Gasteiger partial charge >= 0.3 is 0 Å².